The molecule has 0 fully saturated rings. The number of carboxylic acids is 1. The second kappa shape index (κ2) is 5.98. The normalized spacial score (nSPS) is 11.6. The number of carbonyl (C=O) groups excluding carboxylic acids is 1. The van der Waals surface area contributed by atoms with Crippen LogP contribution in [-0.4, -0.2) is 28.3 Å². The minimum absolute atomic E-state index is 0. The summed E-state index contributed by atoms with van der Waals surface area (Å²) in [6.07, 6.45) is 0. The zero-order valence-electron chi connectivity index (χ0n) is 9.00. The molecule has 1 N–H and O–H groups in total. The molecule has 72 valence electrons. The Morgan fingerprint density at radius 2 is 1.92 bits per heavy atom. The molecule has 0 unspecified atom stereocenters. The summed E-state index contributed by atoms with van der Waals surface area (Å²) >= 11 is 0. The first-order valence-corrected chi connectivity index (χ1v) is 3.96. The Labute approximate surface area is 101 Å². The minimum Gasteiger partial charge on any atom is -0.548 e. The van der Waals surface area contributed by atoms with E-state index in [0.717, 1.165) is 5.06 Å². The van der Waals surface area contributed by atoms with Gasteiger partial charge in [-0.15, -0.1) is 0 Å². The number of carbonyl (C=O) groups is 1. The summed E-state index contributed by atoms with van der Waals surface area (Å²) in [5, 5.41) is 20.7. The molecule has 0 aliphatic heterocycles. The Hall–Kier alpha value is 0.390. The third-order valence-electron chi connectivity index (χ3n) is 1.68. The van der Waals surface area contributed by atoms with Gasteiger partial charge in [0, 0.05) is 6.54 Å². The van der Waals surface area contributed by atoms with E-state index in [0.29, 0.717) is 6.54 Å². The molecule has 5 heteroatoms. The number of hydrogen-bond donors (Lipinski definition) is 1. The van der Waals surface area contributed by atoms with Crippen LogP contribution in [0.15, 0.2) is 0 Å². The van der Waals surface area contributed by atoms with Gasteiger partial charge < -0.3 is 15.1 Å². The number of aliphatic carboxylic acids is 1. The van der Waals surface area contributed by atoms with Gasteiger partial charge in [0.25, 0.3) is 0 Å². The molecule has 0 heterocycles. The van der Waals surface area contributed by atoms with Gasteiger partial charge in [0.05, 0.1) is 11.5 Å². The average Bonchev–Trinajstić information content (AvgIpc) is 1.85. The van der Waals surface area contributed by atoms with E-state index >= 15 is 0 Å². The smallest absolute Gasteiger partial charge is 0.548 e. The predicted octanol–water partition coefficient (Wildman–Crippen LogP) is -3.13. The summed E-state index contributed by atoms with van der Waals surface area (Å²) in [5.74, 6) is -1.06. The fourth-order valence-corrected chi connectivity index (χ4v) is 0.679. The Balaban J connectivity index is 0. The summed E-state index contributed by atoms with van der Waals surface area (Å²) in [6, 6.07) is 0. The first-order valence-electron chi connectivity index (χ1n) is 3.96. The number of hydroxylamine groups is 2. The van der Waals surface area contributed by atoms with Crippen LogP contribution >= 0.6 is 0 Å². The first kappa shape index (κ1) is 15.8. The van der Waals surface area contributed by atoms with Gasteiger partial charge in [0.1, 0.15) is 0 Å². The van der Waals surface area contributed by atoms with Crippen LogP contribution in [0, 0.1) is 5.92 Å². The number of hydrogen-bond acceptors (Lipinski definition) is 4. The van der Waals surface area contributed by atoms with Crippen molar-refractivity contribution in [3.05, 3.63) is 0 Å². The third kappa shape index (κ3) is 4.98. The Bertz CT molecular complexity index is 171. The molecule has 0 spiro atoms. The monoisotopic (exact) mass is 197 g/mol. The van der Waals surface area contributed by atoms with Crippen molar-refractivity contribution in [1.29, 1.82) is 0 Å². The SMILES string of the molecule is CC(C)CN(O)C(C)(C)C(=O)[O-].[Na+]. The van der Waals surface area contributed by atoms with Crippen molar-refractivity contribution in [3.63, 3.8) is 0 Å². The second-order valence-electron chi connectivity index (χ2n) is 3.82. The molecule has 0 radical (unpaired) electrons. The van der Waals surface area contributed by atoms with E-state index in [2.05, 4.69) is 0 Å². The Kier molecular flexibility index (Phi) is 7.29. The number of nitrogens with zero attached hydrogens (tertiary/aromatic N) is 1. The molecule has 0 aromatic heterocycles. The van der Waals surface area contributed by atoms with Gasteiger partial charge in [0.15, 0.2) is 0 Å². The van der Waals surface area contributed by atoms with Gasteiger partial charge in [-0.1, -0.05) is 13.8 Å². The van der Waals surface area contributed by atoms with Crippen molar-refractivity contribution in [1.82, 2.24) is 5.06 Å². The summed E-state index contributed by atoms with van der Waals surface area (Å²) in [5.41, 5.74) is -1.32. The van der Waals surface area contributed by atoms with Crippen LogP contribution in [0.4, 0.5) is 0 Å². The van der Waals surface area contributed by atoms with Crippen LogP contribution in [-0.2, 0) is 4.79 Å². The second-order valence-corrected chi connectivity index (χ2v) is 3.82. The third-order valence-corrected chi connectivity index (χ3v) is 1.68. The van der Waals surface area contributed by atoms with Gasteiger partial charge >= 0.3 is 29.6 Å². The standard InChI is InChI=1S/C8H17NO3.Na/c1-6(2)5-9(12)8(3,4)7(10)11;/h6,12H,5H2,1-4H3,(H,10,11);/q;+1/p-1. The van der Waals surface area contributed by atoms with Crippen molar-refractivity contribution in [2.45, 2.75) is 33.2 Å². The Morgan fingerprint density at radius 3 is 2.15 bits per heavy atom. The van der Waals surface area contributed by atoms with Crippen LogP contribution in [0.5, 0.6) is 0 Å². The molecule has 0 aliphatic rings. The van der Waals surface area contributed by atoms with Gasteiger partial charge in [-0.3, -0.25) is 0 Å². The average molecular weight is 197 g/mol. The molecule has 0 saturated carbocycles. The van der Waals surface area contributed by atoms with E-state index in [1.807, 2.05) is 13.8 Å². The molecule has 0 aromatic rings. The fraction of sp³-hybridized carbons (Fsp3) is 0.875. The van der Waals surface area contributed by atoms with Gasteiger partial charge in [0.2, 0.25) is 0 Å². The van der Waals surface area contributed by atoms with Crippen molar-refractivity contribution in [2.24, 2.45) is 5.92 Å². The topological polar surface area (TPSA) is 63.6 Å². The van der Waals surface area contributed by atoms with Crippen LogP contribution in [0.1, 0.15) is 27.7 Å². The summed E-state index contributed by atoms with van der Waals surface area (Å²) in [6.45, 7) is 6.93. The van der Waals surface area contributed by atoms with Crippen LogP contribution in [0.2, 0.25) is 0 Å². The van der Waals surface area contributed by atoms with E-state index in [9.17, 15) is 15.1 Å². The zero-order chi connectivity index (χ0) is 9.94. The van der Waals surface area contributed by atoms with Crippen molar-refractivity contribution in [2.75, 3.05) is 6.54 Å². The van der Waals surface area contributed by atoms with E-state index < -0.39 is 11.5 Å². The van der Waals surface area contributed by atoms with E-state index in [-0.39, 0.29) is 35.5 Å². The number of rotatable bonds is 4. The Morgan fingerprint density at radius 1 is 1.54 bits per heavy atom. The number of carboxylic acid groups (broad SMARTS) is 1. The maximum Gasteiger partial charge on any atom is 1.00 e. The van der Waals surface area contributed by atoms with Crippen molar-refractivity contribution < 1.29 is 44.7 Å². The van der Waals surface area contributed by atoms with Gasteiger partial charge in [-0.25, -0.2) is 0 Å². The van der Waals surface area contributed by atoms with Crippen LogP contribution in [0.25, 0.3) is 0 Å². The predicted molar refractivity (Wildman–Crippen MR) is 42.4 cm³/mol. The fourth-order valence-electron chi connectivity index (χ4n) is 0.679. The van der Waals surface area contributed by atoms with Gasteiger partial charge in [-0.05, 0) is 19.8 Å². The van der Waals surface area contributed by atoms with Crippen molar-refractivity contribution >= 4 is 5.97 Å². The first-order chi connectivity index (χ1) is 5.28. The molecule has 0 rings (SSSR count). The van der Waals surface area contributed by atoms with E-state index in [1.165, 1.54) is 13.8 Å². The molecule has 0 bridgehead atoms. The molecule has 0 amide bonds. The molecule has 4 nitrogen and oxygen atoms in total. The van der Waals surface area contributed by atoms with Crippen molar-refractivity contribution in [3.8, 4) is 0 Å². The summed E-state index contributed by atoms with van der Waals surface area (Å²) < 4.78 is 0. The summed E-state index contributed by atoms with van der Waals surface area (Å²) in [7, 11) is 0. The van der Waals surface area contributed by atoms with Crippen LogP contribution in [0.3, 0.4) is 0 Å². The maximum absolute atomic E-state index is 10.5. The molecule has 0 saturated heterocycles. The zero-order valence-corrected chi connectivity index (χ0v) is 11.0. The molecule has 0 aliphatic carbocycles. The largest absolute Gasteiger partial charge is 1.00 e. The molecular weight excluding hydrogens is 181 g/mol. The maximum atomic E-state index is 10.5. The molecular formula is C8H16NNaO3. The summed E-state index contributed by atoms with van der Waals surface area (Å²) in [4.78, 5) is 10.5. The molecule has 13 heavy (non-hydrogen) atoms. The van der Waals surface area contributed by atoms with Gasteiger partial charge in [-0.2, -0.15) is 5.06 Å². The van der Waals surface area contributed by atoms with E-state index in [1.54, 1.807) is 0 Å². The molecule has 0 aromatic carbocycles. The molecule has 0 atom stereocenters. The van der Waals surface area contributed by atoms with E-state index in [4.69, 9.17) is 0 Å². The quantitative estimate of drug-likeness (QED) is 0.382. The minimum atomic E-state index is -1.32. The van der Waals surface area contributed by atoms with Crippen LogP contribution < -0.4 is 34.7 Å².